The predicted molar refractivity (Wildman–Crippen MR) is 112 cm³/mol. The molecule has 1 aromatic carbocycles. The van der Waals surface area contributed by atoms with Crippen molar-refractivity contribution in [3.8, 4) is 0 Å². The second kappa shape index (κ2) is 7.83. The van der Waals surface area contributed by atoms with Crippen LogP contribution in [0, 0.1) is 17.0 Å². The van der Waals surface area contributed by atoms with E-state index in [0.717, 1.165) is 13.0 Å². The van der Waals surface area contributed by atoms with Crippen LogP contribution in [0.25, 0.3) is 0 Å². The highest BCUT2D eigenvalue weighted by molar-refractivity contribution is 7.10. The summed E-state index contributed by atoms with van der Waals surface area (Å²) in [7, 11) is 0. The van der Waals surface area contributed by atoms with Crippen LogP contribution in [-0.4, -0.2) is 28.8 Å². The van der Waals surface area contributed by atoms with Crippen LogP contribution in [0.3, 0.4) is 0 Å². The van der Waals surface area contributed by atoms with Gasteiger partial charge in [0.1, 0.15) is 0 Å². The SMILES string of the molecule is Cc1c(NC(=O)CN2CCc3sccc3[C@@H]2c2cccs2)cccc1[N+](=O)[O-]. The number of carbonyl (C=O) groups is 1. The van der Waals surface area contributed by atoms with Gasteiger partial charge in [-0.15, -0.1) is 22.7 Å². The van der Waals surface area contributed by atoms with E-state index in [1.807, 2.05) is 6.07 Å². The quantitative estimate of drug-likeness (QED) is 0.489. The molecular weight excluding hydrogens is 394 g/mol. The zero-order chi connectivity index (χ0) is 19.7. The van der Waals surface area contributed by atoms with Crippen molar-refractivity contribution in [2.75, 3.05) is 18.4 Å². The minimum absolute atomic E-state index is 0.00940. The van der Waals surface area contributed by atoms with Gasteiger partial charge in [0.15, 0.2) is 0 Å². The van der Waals surface area contributed by atoms with E-state index < -0.39 is 4.92 Å². The van der Waals surface area contributed by atoms with Gasteiger partial charge in [-0.05, 0) is 47.9 Å². The number of benzene rings is 1. The first kappa shape index (κ1) is 18.8. The van der Waals surface area contributed by atoms with E-state index in [9.17, 15) is 14.9 Å². The van der Waals surface area contributed by atoms with Crippen molar-refractivity contribution < 1.29 is 9.72 Å². The van der Waals surface area contributed by atoms with Gasteiger partial charge in [0.05, 0.1) is 28.8 Å². The molecule has 6 nitrogen and oxygen atoms in total. The number of nitrogens with zero attached hydrogens (tertiary/aromatic N) is 2. The Hall–Kier alpha value is -2.55. The van der Waals surface area contributed by atoms with Gasteiger partial charge in [0.2, 0.25) is 5.91 Å². The average molecular weight is 414 g/mol. The summed E-state index contributed by atoms with van der Waals surface area (Å²) >= 11 is 3.46. The Kier molecular flexibility index (Phi) is 5.25. The first-order valence-corrected chi connectivity index (χ1v) is 10.7. The molecule has 28 heavy (non-hydrogen) atoms. The van der Waals surface area contributed by atoms with Crippen LogP contribution >= 0.6 is 22.7 Å². The number of hydrogen-bond donors (Lipinski definition) is 1. The van der Waals surface area contributed by atoms with Gasteiger partial charge in [0, 0.05) is 22.4 Å². The van der Waals surface area contributed by atoms with Crippen LogP contribution in [0.4, 0.5) is 11.4 Å². The summed E-state index contributed by atoms with van der Waals surface area (Å²) in [4.78, 5) is 28.2. The van der Waals surface area contributed by atoms with E-state index >= 15 is 0 Å². The molecular formula is C20H19N3O3S2. The lowest BCUT2D eigenvalue weighted by Crippen LogP contribution is -2.40. The Morgan fingerprint density at radius 2 is 2.11 bits per heavy atom. The second-order valence-corrected chi connectivity index (χ2v) is 8.67. The van der Waals surface area contributed by atoms with E-state index in [0.29, 0.717) is 11.3 Å². The summed E-state index contributed by atoms with van der Waals surface area (Å²) in [6.07, 6.45) is 0.929. The molecule has 4 rings (SSSR count). The van der Waals surface area contributed by atoms with Gasteiger partial charge < -0.3 is 5.32 Å². The first-order valence-electron chi connectivity index (χ1n) is 8.92. The molecule has 0 bridgehead atoms. The van der Waals surface area contributed by atoms with Crippen molar-refractivity contribution in [3.05, 3.63) is 78.2 Å². The molecule has 0 unspecified atom stereocenters. The molecule has 0 radical (unpaired) electrons. The monoisotopic (exact) mass is 413 g/mol. The van der Waals surface area contributed by atoms with E-state index in [1.165, 1.54) is 21.4 Å². The maximum Gasteiger partial charge on any atom is 0.274 e. The van der Waals surface area contributed by atoms with Crippen molar-refractivity contribution in [1.82, 2.24) is 4.90 Å². The van der Waals surface area contributed by atoms with Gasteiger partial charge in [-0.25, -0.2) is 0 Å². The van der Waals surface area contributed by atoms with Crippen LogP contribution in [0.15, 0.2) is 47.2 Å². The number of thiophene rings is 2. The third-order valence-electron chi connectivity index (χ3n) is 5.00. The number of hydrogen-bond acceptors (Lipinski definition) is 6. The smallest absolute Gasteiger partial charge is 0.274 e. The number of nitro groups is 1. The molecule has 2 aromatic heterocycles. The molecule has 1 amide bonds. The van der Waals surface area contributed by atoms with Gasteiger partial charge in [-0.3, -0.25) is 19.8 Å². The summed E-state index contributed by atoms with van der Waals surface area (Å²) in [5.41, 5.74) is 2.24. The van der Waals surface area contributed by atoms with E-state index in [4.69, 9.17) is 0 Å². The Morgan fingerprint density at radius 3 is 2.86 bits per heavy atom. The number of rotatable bonds is 5. The summed E-state index contributed by atoms with van der Waals surface area (Å²) in [6.45, 7) is 2.69. The minimum Gasteiger partial charge on any atom is -0.324 e. The molecule has 0 saturated heterocycles. The lowest BCUT2D eigenvalue weighted by Gasteiger charge is -2.34. The number of nitrogens with one attached hydrogen (secondary N) is 1. The van der Waals surface area contributed by atoms with Crippen LogP contribution in [0.5, 0.6) is 0 Å². The highest BCUT2D eigenvalue weighted by atomic mass is 32.1. The molecule has 0 fully saturated rings. The molecule has 1 N–H and O–H groups in total. The van der Waals surface area contributed by atoms with E-state index in [2.05, 4.69) is 33.1 Å². The molecule has 8 heteroatoms. The molecule has 0 aliphatic carbocycles. The van der Waals surface area contributed by atoms with Crippen molar-refractivity contribution in [1.29, 1.82) is 0 Å². The van der Waals surface area contributed by atoms with Gasteiger partial charge in [-0.2, -0.15) is 0 Å². The maximum atomic E-state index is 12.8. The van der Waals surface area contributed by atoms with Gasteiger partial charge >= 0.3 is 0 Å². The normalized spacial score (nSPS) is 16.5. The highest BCUT2D eigenvalue weighted by Gasteiger charge is 2.31. The van der Waals surface area contributed by atoms with Crippen molar-refractivity contribution in [3.63, 3.8) is 0 Å². The second-order valence-electron chi connectivity index (χ2n) is 6.69. The fourth-order valence-corrected chi connectivity index (χ4v) is 5.43. The fraction of sp³-hybridized carbons (Fsp3) is 0.250. The van der Waals surface area contributed by atoms with Crippen molar-refractivity contribution >= 4 is 40.0 Å². The lowest BCUT2D eigenvalue weighted by molar-refractivity contribution is -0.385. The van der Waals surface area contributed by atoms with Crippen LogP contribution in [-0.2, 0) is 11.2 Å². The standard InChI is InChI=1S/C20H19N3O3S2/c1-13-15(4-2-5-16(13)23(25)26)21-19(24)12-22-9-7-17-14(8-11-28-17)20(22)18-6-3-10-27-18/h2-6,8,10-11,20H,7,9,12H2,1H3,(H,21,24)/t20-/m1/s1. The predicted octanol–water partition coefficient (Wildman–Crippen LogP) is 4.61. The summed E-state index contributed by atoms with van der Waals surface area (Å²) in [6, 6.07) is 11.1. The topological polar surface area (TPSA) is 75.5 Å². The third-order valence-corrected chi connectivity index (χ3v) is 6.92. The molecule has 1 aliphatic rings. The molecule has 3 heterocycles. The van der Waals surface area contributed by atoms with E-state index in [-0.39, 0.29) is 24.2 Å². The number of anilines is 1. The number of nitro benzene ring substituents is 1. The number of fused-ring (bicyclic) bond motifs is 1. The summed E-state index contributed by atoms with van der Waals surface area (Å²) < 4.78 is 0. The van der Waals surface area contributed by atoms with Crippen molar-refractivity contribution in [2.24, 2.45) is 0 Å². The lowest BCUT2D eigenvalue weighted by atomic mass is 9.98. The molecule has 1 atom stereocenters. The Balaban J connectivity index is 1.54. The Morgan fingerprint density at radius 1 is 1.25 bits per heavy atom. The minimum atomic E-state index is -0.430. The molecule has 0 saturated carbocycles. The molecule has 3 aromatic rings. The molecule has 1 aliphatic heterocycles. The van der Waals surface area contributed by atoms with E-state index in [1.54, 1.807) is 41.7 Å². The largest absolute Gasteiger partial charge is 0.324 e. The zero-order valence-electron chi connectivity index (χ0n) is 15.3. The van der Waals surface area contributed by atoms with Gasteiger partial charge in [-0.1, -0.05) is 12.1 Å². The number of amides is 1. The Bertz CT molecular complexity index is 1010. The summed E-state index contributed by atoms with van der Waals surface area (Å²) in [5, 5.41) is 18.2. The fourth-order valence-electron chi connectivity index (χ4n) is 3.65. The Labute approximate surface area is 170 Å². The average Bonchev–Trinajstić information content (AvgIpc) is 3.34. The highest BCUT2D eigenvalue weighted by Crippen LogP contribution is 2.39. The van der Waals surface area contributed by atoms with Crippen LogP contribution in [0.1, 0.15) is 26.9 Å². The summed E-state index contributed by atoms with van der Waals surface area (Å²) in [5.74, 6) is -0.163. The molecule has 0 spiro atoms. The van der Waals surface area contributed by atoms with Crippen LogP contribution in [0.2, 0.25) is 0 Å². The maximum absolute atomic E-state index is 12.8. The van der Waals surface area contributed by atoms with Gasteiger partial charge in [0.25, 0.3) is 5.69 Å². The molecule has 144 valence electrons. The van der Waals surface area contributed by atoms with Crippen LogP contribution < -0.4 is 5.32 Å². The van der Waals surface area contributed by atoms with Crippen molar-refractivity contribution in [2.45, 2.75) is 19.4 Å². The third kappa shape index (κ3) is 3.58. The zero-order valence-corrected chi connectivity index (χ0v) is 16.9. The first-order chi connectivity index (χ1) is 13.5. The number of carbonyl (C=O) groups excluding carboxylic acids is 1.